The van der Waals surface area contributed by atoms with Gasteiger partial charge in [-0.1, -0.05) is 37.6 Å². The van der Waals surface area contributed by atoms with Gasteiger partial charge in [0.2, 0.25) is 0 Å². The summed E-state index contributed by atoms with van der Waals surface area (Å²) >= 11 is 0. The molecule has 2 aromatic carbocycles. The van der Waals surface area contributed by atoms with Crippen molar-refractivity contribution in [3.63, 3.8) is 0 Å². The highest BCUT2D eigenvalue weighted by Crippen LogP contribution is 2.47. The number of carbonyl (C=O) groups is 2. The normalized spacial score (nSPS) is 18.1. The van der Waals surface area contributed by atoms with Crippen LogP contribution in [-0.2, 0) is 4.79 Å². The molecule has 0 unspecified atom stereocenters. The Hall–Kier alpha value is -4.07. The van der Waals surface area contributed by atoms with Crippen molar-refractivity contribution in [3.05, 3.63) is 76.6 Å². The second kappa shape index (κ2) is 8.86. The fourth-order valence-electron chi connectivity index (χ4n) is 5.04. The van der Waals surface area contributed by atoms with E-state index in [0.29, 0.717) is 47.0 Å². The number of nitrogens with zero attached hydrogens (tertiary/aromatic N) is 2. The van der Waals surface area contributed by atoms with Crippen LogP contribution in [0, 0.1) is 12.3 Å². The summed E-state index contributed by atoms with van der Waals surface area (Å²) in [6.45, 7) is 6.16. The zero-order valence-electron chi connectivity index (χ0n) is 21.1. The Kier molecular flexibility index (Phi) is 5.82. The molecule has 0 fully saturated rings. The predicted octanol–water partition coefficient (Wildman–Crippen LogP) is 5.12. The molecular formula is C28H30N4O4. The van der Waals surface area contributed by atoms with Crippen LogP contribution in [0.3, 0.4) is 0 Å². The lowest BCUT2D eigenvalue weighted by molar-refractivity contribution is -0.118. The number of Topliss-reactive ketones (excluding diaryl/α,β-unsaturated/α-hetero) is 1. The van der Waals surface area contributed by atoms with Crippen molar-refractivity contribution in [1.82, 2.24) is 9.78 Å². The first kappa shape index (κ1) is 23.7. The molecule has 2 N–H and O–H groups in total. The molecule has 1 aliphatic heterocycles. The van der Waals surface area contributed by atoms with Crippen molar-refractivity contribution in [1.29, 1.82) is 0 Å². The zero-order valence-corrected chi connectivity index (χ0v) is 21.1. The third kappa shape index (κ3) is 4.12. The van der Waals surface area contributed by atoms with E-state index in [2.05, 4.69) is 29.6 Å². The van der Waals surface area contributed by atoms with Gasteiger partial charge in [0.15, 0.2) is 17.3 Å². The van der Waals surface area contributed by atoms with E-state index in [4.69, 9.17) is 9.47 Å². The van der Waals surface area contributed by atoms with Crippen molar-refractivity contribution >= 4 is 23.2 Å². The van der Waals surface area contributed by atoms with Gasteiger partial charge in [-0.15, -0.1) is 0 Å². The van der Waals surface area contributed by atoms with E-state index in [1.165, 1.54) is 0 Å². The van der Waals surface area contributed by atoms with Gasteiger partial charge in [-0.05, 0) is 48.6 Å². The van der Waals surface area contributed by atoms with Crippen LogP contribution in [0.1, 0.15) is 54.2 Å². The van der Waals surface area contributed by atoms with Crippen LogP contribution in [0.4, 0.5) is 11.5 Å². The second-order valence-electron chi connectivity index (χ2n) is 10.1. The number of ether oxygens (including phenoxy) is 2. The van der Waals surface area contributed by atoms with Gasteiger partial charge in [0.1, 0.15) is 17.4 Å². The van der Waals surface area contributed by atoms with E-state index in [1.807, 2.05) is 49.4 Å². The van der Waals surface area contributed by atoms with Crippen molar-refractivity contribution in [2.24, 2.45) is 5.41 Å². The Bertz CT molecular complexity index is 1390. The van der Waals surface area contributed by atoms with Gasteiger partial charge >= 0.3 is 0 Å². The maximum absolute atomic E-state index is 13.5. The molecule has 0 saturated carbocycles. The SMILES string of the molecule is COc1ccc([C@@H]2C3=C(CC(C)(C)CC3=O)Nc3c(C(=O)Nc4ccc(C)cc4)cnn32)cc1OC. The number of hydrogen-bond donors (Lipinski definition) is 2. The summed E-state index contributed by atoms with van der Waals surface area (Å²) in [5.74, 6) is 1.51. The first-order valence-corrected chi connectivity index (χ1v) is 11.9. The summed E-state index contributed by atoms with van der Waals surface area (Å²) in [7, 11) is 3.16. The van der Waals surface area contributed by atoms with Crippen molar-refractivity contribution < 1.29 is 19.1 Å². The molecule has 1 aromatic heterocycles. The molecule has 36 heavy (non-hydrogen) atoms. The molecule has 1 amide bonds. The molecule has 2 heterocycles. The maximum Gasteiger partial charge on any atom is 0.261 e. The molecule has 0 bridgehead atoms. The van der Waals surface area contributed by atoms with Crippen molar-refractivity contribution in [2.75, 3.05) is 24.9 Å². The lowest BCUT2D eigenvalue weighted by Crippen LogP contribution is -2.37. The molecule has 1 aliphatic carbocycles. The van der Waals surface area contributed by atoms with E-state index < -0.39 is 6.04 Å². The van der Waals surface area contributed by atoms with Crippen LogP contribution in [0.2, 0.25) is 0 Å². The fourth-order valence-corrected chi connectivity index (χ4v) is 5.04. The smallest absolute Gasteiger partial charge is 0.261 e. The van der Waals surface area contributed by atoms with E-state index in [1.54, 1.807) is 25.1 Å². The summed E-state index contributed by atoms with van der Waals surface area (Å²) < 4.78 is 12.7. The zero-order chi connectivity index (χ0) is 25.6. The van der Waals surface area contributed by atoms with Gasteiger partial charge in [-0.2, -0.15) is 5.10 Å². The second-order valence-corrected chi connectivity index (χ2v) is 10.1. The highest BCUT2D eigenvalue weighted by Gasteiger charge is 2.42. The third-order valence-corrected chi connectivity index (χ3v) is 6.78. The fraction of sp³-hybridized carbons (Fsp3) is 0.321. The Morgan fingerprint density at radius 2 is 1.81 bits per heavy atom. The molecule has 2 aliphatic rings. The highest BCUT2D eigenvalue weighted by atomic mass is 16.5. The molecule has 1 atom stereocenters. The lowest BCUT2D eigenvalue weighted by Gasteiger charge is -2.39. The quantitative estimate of drug-likeness (QED) is 0.520. The number of fused-ring (bicyclic) bond motifs is 1. The Balaban J connectivity index is 1.61. The summed E-state index contributed by atoms with van der Waals surface area (Å²) in [5.41, 5.74) is 4.34. The van der Waals surface area contributed by atoms with E-state index in [9.17, 15) is 9.59 Å². The third-order valence-electron chi connectivity index (χ3n) is 6.78. The minimum Gasteiger partial charge on any atom is -0.493 e. The van der Waals surface area contributed by atoms with Gasteiger partial charge in [0.05, 0.1) is 20.4 Å². The van der Waals surface area contributed by atoms with Gasteiger partial charge in [0, 0.05) is 23.4 Å². The van der Waals surface area contributed by atoms with Gasteiger partial charge in [-0.3, -0.25) is 9.59 Å². The molecule has 0 spiro atoms. The number of hydrogen-bond acceptors (Lipinski definition) is 6. The minimum atomic E-state index is -0.499. The van der Waals surface area contributed by atoms with E-state index in [0.717, 1.165) is 16.8 Å². The van der Waals surface area contributed by atoms with Crippen LogP contribution >= 0.6 is 0 Å². The van der Waals surface area contributed by atoms with Crippen LogP contribution in [0.5, 0.6) is 11.5 Å². The molecule has 186 valence electrons. The minimum absolute atomic E-state index is 0.0698. The number of allylic oxidation sites excluding steroid dienone is 2. The topological polar surface area (TPSA) is 94.5 Å². The van der Waals surface area contributed by atoms with Gasteiger partial charge < -0.3 is 20.1 Å². The number of anilines is 2. The summed E-state index contributed by atoms with van der Waals surface area (Å²) in [4.78, 5) is 26.7. The largest absolute Gasteiger partial charge is 0.493 e. The molecule has 0 radical (unpaired) electrons. The van der Waals surface area contributed by atoms with Crippen LogP contribution in [0.25, 0.3) is 0 Å². The number of methoxy groups -OCH3 is 2. The Labute approximate surface area is 210 Å². The predicted molar refractivity (Wildman–Crippen MR) is 138 cm³/mol. The standard InChI is InChI=1S/C28H30N4O4/c1-16-6-9-18(10-7-16)30-27(34)19-15-29-32-25(17-8-11-22(35-4)23(12-17)36-5)24-20(31-26(19)32)13-28(2,3)14-21(24)33/h6-12,15,25,31H,13-14H2,1-5H3,(H,30,34)/t25-/m1/s1. The number of nitrogens with one attached hydrogen (secondary N) is 2. The Morgan fingerprint density at radius 1 is 1.08 bits per heavy atom. The number of benzene rings is 2. The number of aryl methyl sites for hydroxylation is 1. The molecule has 8 heteroatoms. The maximum atomic E-state index is 13.5. The number of amides is 1. The first-order chi connectivity index (χ1) is 17.2. The molecular weight excluding hydrogens is 456 g/mol. The lowest BCUT2D eigenvalue weighted by atomic mass is 9.73. The van der Waals surface area contributed by atoms with E-state index in [-0.39, 0.29) is 17.1 Å². The Morgan fingerprint density at radius 3 is 2.50 bits per heavy atom. The summed E-state index contributed by atoms with van der Waals surface area (Å²) in [6, 6.07) is 12.7. The highest BCUT2D eigenvalue weighted by molar-refractivity contribution is 6.08. The van der Waals surface area contributed by atoms with E-state index >= 15 is 0 Å². The van der Waals surface area contributed by atoms with Crippen molar-refractivity contribution in [2.45, 2.75) is 39.7 Å². The average molecular weight is 487 g/mol. The van der Waals surface area contributed by atoms with Gasteiger partial charge in [-0.25, -0.2) is 4.68 Å². The number of aromatic nitrogens is 2. The number of rotatable bonds is 5. The molecule has 0 saturated heterocycles. The first-order valence-electron chi connectivity index (χ1n) is 11.9. The molecule has 5 rings (SSSR count). The van der Waals surface area contributed by atoms with Crippen LogP contribution < -0.4 is 20.1 Å². The summed E-state index contributed by atoms with van der Waals surface area (Å²) in [5, 5.41) is 10.9. The monoisotopic (exact) mass is 486 g/mol. The summed E-state index contributed by atoms with van der Waals surface area (Å²) in [6.07, 6.45) is 2.67. The van der Waals surface area contributed by atoms with Crippen LogP contribution in [-0.4, -0.2) is 35.7 Å². The van der Waals surface area contributed by atoms with Gasteiger partial charge in [0.25, 0.3) is 5.91 Å². The molecule has 3 aromatic rings. The van der Waals surface area contributed by atoms with Crippen molar-refractivity contribution in [3.8, 4) is 11.5 Å². The van der Waals surface area contributed by atoms with Crippen LogP contribution in [0.15, 0.2) is 59.9 Å². The number of carbonyl (C=O) groups excluding carboxylic acids is 2. The number of ketones is 1. The molecule has 8 nitrogen and oxygen atoms in total. The average Bonchev–Trinajstić information content (AvgIpc) is 3.26.